The van der Waals surface area contributed by atoms with E-state index in [4.69, 9.17) is 27.8 Å². The second kappa shape index (κ2) is 5.79. The molecule has 20 heavy (non-hydrogen) atoms. The molecule has 0 fully saturated rings. The largest absolute Gasteiger partial charge is 0.488 e. The van der Waals surface area contributed by atoms with Crippen molar-refractivity contribution in [2.45, 2.75) is 6.61 Å². The summed E-state index contributed by atoms with van der Waals surface area (Å²) in [6.45, 7) is -0.0484. The molecule has 2 rings (SSSR count). The van der Waals surface area contributed by atoms with Crippen LogP contribution in [0.15, 0.2) is 36.4 Å². The van der Waals surface area contributed by atoms with Crippen molar-refractivity contribution in [1.29, 1.82) is 0 Å². The van der Waals surface area contributed by atoms with Crippen LogP contribution in [-0.2, 0) is 6.61 Å². The summed E-state index contributed by atoms with van der Waals surface area (Å²) >= 11 is 5.66. The number of carbonyl (C=O) groups excluding carboxylic acids is 1. The zero-order valence-corrected chi connectivity index (χ0v) is 11.2. The monoisotopic (exact) mass is 294 g/mol. The van der Waals surface area contributed by atoms with Gasteiger partial charge in [0, 0.05) is 16.3 Å². The number of benzene rings is 2. The van der Waals surface area contributed by atoms with E-state index in [2.05, 4.69) is 0 Å². The Labute approximate surface area is 120 Å². The van der Waals surface area contributed by atoms with Gasteiger partial charge in [-0.3, -0.25) is 4.79 Å². The van der Waals surface area contributed by atoms with Crippen molar-refractivity contribution in [2.75, 3.05) is 5.73 Å². The van der Waals surface area contributed by atoms with Crippen LogP contribution in [0.25, 0.3) is 0 Å². The molecule has 104 valence electrons. The Balaban J connectivity index is 2.20. The van der Waals surface area contributed by atoms with E-state index in [1.807, 2.05) is 0 Å². The summed E-state index contributed by atoms with van der Waals surface area (Å²) in [6, 6.07) is 8.76. The fraction of sp³-hybridized carbons (Fsp3) is 0.0714. The molecule has 0 aliphatic rings. The summed E-state index contributed by atoms with van der Waals surface area (Å²) < 4.78 is 19.0. The minimum absolute atomic E-state index is 0.0484. The van der Waals surface area contributed by atoms with Crippen LogP contribution in [0.2, 0.25) is 5.02 Å². The predicted molar refractivity (Wildman–Crippen MR) is 75.1 cm³/mol. The van der Waals surface area contributed by atoms with Crippen molar-refractivity contribution in [3.8, 4) is 5.75 Å². The molecular formula is C14H12ClFN2O2. The SMILES string of the molecule is NC(=O)c1cc(N)ccc1OCc1ccc(Cl)cc1F. The molecule has 4 nitrogen and oxygen atoms in total. The molecule has 6 heteroatoms. The maximum atomic E-state index is 13.6. The van der Waals surface area contributed by atoms with Crippen LogP contribution in [0.5, 0.6) is 5.75 Å². The minimum Gasteiger partial charge on any atom is -0.488 e. The van der Waals surface area contributed by atoms with E-state index in [9.17, 15) is 9.18 Å². The first kappa shape index (κ1) is 14.1. The van der Waals surface area contributed by atoms with Crippen LogP contribution in [-0.4, -0.2) is 5.91 Å². The third-order valence-electron chi connectivity index (χ3n) is 2.67. The summed E-state index contributed by atoms with van der Waals surface area (Å²) in [5.74, 6) is -0.890. The normalized spacial score (nSPS) is 10.3. The average molecular weight is 295 g/mol. The molecular weight excluding hydrogens is 283 g/mol. The van der Waals surface area contributed by atoms with Gasteiger partial charge in [0.15, 0.2) is 0 Å². The van der Waals surface area contributed by atoms with Crippen LogP contribution < -0.4 is 16.2 Å². The topological polar surface area (TPSA) is 78.3 Å². The van der Waals surface area contributed by atoms with Crippen LogP contribution in [0.1, 0.15) is 15.9 Å². The molecule has 1 amide bonds. The van der Waals surface area contributed by atoms with Crippen molar-refractivity contribution in [3.05, 3.63) is 58.4 Å². The molecule has 0 atom stereocenters. The Bertz CT molecular complexity index is 662. The Kier molecular flexibility index (Phi) is 4.10. The molecule has 0 aromatic heterocycles. The number of amides is 1. The zero-order valence-electron chi connectivity index (χ0n) is 10.4. The summed E-state index contributed by atoms with van der Waals surface area (Å²) in [5, 5.41) is 0.302. The van der Waals surface area contributed by atoms with Crippen molar-refractivity contribution in [1.82, 2.24) is 0 Å². The summed E-state index contributed by atoms with van der Waals surface area (Å²) in [5.41, 5.74) is 11.7. The summed E-state index contributed by atoms with van der Waals surface area (Å²) in [7, 11) is 0. The lowest BCUT2D eigenvalue weighted by Crippen LogP contribution is -2.13. The summed E-state index contributed by atoms with van der Waals surface area (Å²) in [6.07, 6.45) is 0. The van der Waals surface area contributed by atoms with Crippen molar-refractivity contribution < 1.29 is 13.9 Å². The molecule has 0 bridgehead atoms. The molecule has 0 saturated carbocycles. The van der Waals surface area contributed by atoms with Gasteiger partial charge in [-0.1, -0.05) is 17.7 Å². The van der Waals surface area contributed by atoms with E-state index >= 15 is 0 Å². The van der Waals surface area contributed by atoms with Crippen LogP contribution in [0.4, 0.5) is 10.1 Å². The molecule has 0 unspecified atom stereocenters. The highest BCUT2D eigenvalue weighted by Gasteiger charge is 2.11. The van der Waals surface area contributed by atoms with Gasteiger partial charge >= 0.3 is 0 Å². The molecule has 2 aromatic rings. The van der Waals surface area contributed by atoms with E-state index in [-0.39, 0.29) is 17.9 Å². The number of primary amides is 1. The number of rotatable bonds is 4. The fourth-order valence-electron chi connectivity index (χ4n) is 1.66. The third-order valence-corrected chi connectivity index (χ3v) is 2.90. The van der Waals surface area contributed by atoms with Gasteiger partial charge in [0.1, 0.15) is 18.2 Å². The number of hydrogen-bond donors (Lipinski definition) is 2. The minimum atomic E-state index is -0.663. The Morgan fingerprint density at radius 3 is 2.65 bits per heavy atom. The van der Waals surface area contributed by atoms with Gasteiger partial charge in [0.05, 0.1) is 5.56 Å². The number of carbonyl (C=O) groups is 1. The van der Waals surface area contributed by atoms with Gasteiger partial charge in [-0.05, 0) is 30.3 Å². The molecule has 0 heterocycles. The highest BCUT2D eigenvalue weighted by atomic mass is 35.5. The van der Waals surface area contributed by atoms with Gasteiger partial charge in [-0.25, -0.2) is 4.39 Å². The van der Waals surface area contributed by atoms with E-state index in [1.165, 1.54) is 24.3 Å². The van der Waals surface area contributed by atoms with Gasteiger partial charge < -0.3 is 16.2 Å². The van der Waals surface area contributed by atoms with Crippen molar-refractivity contribution >= 4 is 23.2 Å². The van der Waals surface area contributed by atoms with E-state index in [0.717, 1.165) is 0 Å². The molecule has 0 aliphatic carbocycles. The summed E-state index contributed by atoms with van der Waals surface area (Å²) in [4.78, 5) is 11.3. The molecule has 0 spiro atoms. The number of nitrogen functional groups attached to an aromatic ring is 1. The van der Waals surface area contributed by atoms with Crippen molar-refractivity contribution in [3.63, 3.8) is 0 Å². The maximum absolute atomic E-state index is 13.6. The van der Waals surface area contributed by atoms with Gasteiger partial charge in [0.2, 0.25) is 0 Å². The van der Waals surface area contributed by atoms with Gasteiger partial charge in [-0.2, -0.15) is 0 Å². The Morgan fingerprint density at radius 2 is 2.00 bits per heavy atom. The first-order valence-corrected chi connectivity index (χ1v) is 6.11. The lowest BCUT2D eigenvalue weighted by atomic mass is 10.1. The smallest absolute Gasteiger partial charge is 0.252 e. The zero-order chi connectivity index (χ0) is 14.7. The molecule has 0 radical (unpaired) electrons. The quantitative estimate of drug-likeness (QED) is 0.851. The van der Waals surface area contributed by atoms with E-state index < -0.39 is 11.7 Å². The average Bonchev–Trinajstić information content (AvgIpc) is 2.38. The standard InChI is InChI=1S/C14H12ClFN2O2/c15-9-2-1-8(12(16)5-9)7-20-13-4-3-10(17)6-11(13)14(18)19/h1-6H,7,17H2,(H2,18,19). The van der Waals surface area contributed by atoms with E-state index in [1.54, 1.807) is 12.1 Å². The lowest BCUT2D eigenvalue weighted by Gasteiger charge is -2.11. The van der Waals surface area contributed by atoms with Crippen LogP contribution >= 0.6 is 11.6 Å². The first-order valence-electron chi connectivity index (χ1n) is 5.73. The van der Waals surface area contributed by atoms with Crippen molar-refractivity contribution in [2.24, 2.45) is 5.73 Å². The number of nitrogens with two attached hydrogens (primary N) is 2. The Morgan fingerprint density at radius 1 is 1.25 bits per heavy atom. The molecule has 2 aromatic carbocycles. The number of halogens is 2. The number of ether oxygens (including phenoxy) is 1. The van der Waals surface area contributed by atoms with E-state index in [0.29, 0.717) is 16.3 Å². The predicted octanol–water partition coefficient (Wildman–Crippen LogP) is 2.74. The van der Waals surface area contributed by atoms with Gasteiger partial charge in [0.25, 0.3) is 5.91 Å². The second-order valence-electron chi connectivity index (χ2n) is 4.14. The number of anilines is 1. The fourth-order valence-corrected chi connectivity index (χ4v) is 1.82. The molecule has 0 saturated heterocycles. The molecule has 0 aliphatic heterocycles. The third kappa shape index (κ3) is 3.19. The molecule has 4 N–H and O–H groups in total. The van der Waals surface area contributed by atoms with Crippen LogP contribution in [0, 0.1) is 5.82 Å². The van der Waals surface area contributed by atoms with Crippen LogP contribution in [0.3, 0.4) is 0 Å². The first-order chi connectivity index (χ1) is 9.47. The van der Waals surface area contributed by atoms with Gasteiger partial charge in [-0.15, -0.1) is 0 Å². The Hall–Kier alpha value is -2.27. The second-order valence-corrected chi connectivity index (χ2v) is 4.58. The highest BCUT2D eigenvalue weighted by Crippen LogP contribution is 2.23. The lowest BCUT2D eigenvalue weighted by molar-refractivity contribution is 0.0996. The number of hydrogen-bond acceptors (Lipinski definition) is 3. The maximum Gasteiger partial charge on any atom is 0.252 e. The highest BCUT2D eigenvalue weighted by molar-refractivity contribution is 6.30.